The van der Waals surface area contributed by atoms with Crippen molar-refractivity contribution in [3.63, 3.8) is 0 Å². The van der Waals surface area contributed by atoms with Crippen molar-refractivity contribution in [3.8, 4) is 0 Å². The Morgan fingerprint density at radius 3 is 3.00 bits per heavy atom. The summed E-state index contributed by atoms with van der Waals surface area (Å²) < 4.78 is 0. The average molecular weight is 257 g/mol. The third-order valence-electron chi connectivity index (χ3n) is 2.57. The van der Waals surface area contributed by atoms with Gasteiger partial charge in [0.15, 0.2) is 0 Å². The first-order valence-electron chi connectivity index (χ1n) is 5.38. The van der Waals surface area contributed by atoms with Crippen molar-refractivity contribution in [1.82, 2.24) is 4.90 Å². The van der Waals surface area contributed by atoms with Crippen LogP contribution in [0.3, 0.4) is 0 Å². The first kappa shape index (κ1) is 12.0. The molecule has 1 aliphatic rings. The summed E-state index contributed by atoms with van der Waals surface area (Å²) in [5.41, 5.74) is 0. The predicted octanol–water partition coefficient (Wildman–Crippen LogP) is 2.39. The highest BCUT2D eigenvalue weighted by molar-refractivity contribution is 7.99. The van der Waals surface area contributed by atoms with E-state index in [1.165, 1.54) is 29.3 Å². The van der Waals surface area contributed by atoms with Crippen molar-refractivity contribution in [2.24, 2.45) is 0 Å². The highest BCUT2D eigenvalue weighted by Gasteiger charge is 2.12. The molecule has 1 N–H and O–H groups in total. The first-order valence-corrected chi connectivity index (χ1v) is 7.35. The maximum absolute atomic E-state index is 10.8. The molecule has 0 radical (unpaired) electrons. The number of carboxylic acids is 1. The summed E-state index contributed by atoms with van der Waals surface area (Å²) in [6.07, 6.45) is 1.24. The van der Waals surface area contributed by atoms with Crippen LogP contribution in [-0.4, -0.2) is 40.6 Å². The summed E-state index contributed by atoms with van der Waals surface area (Å²) in [4.78, 5) is 14.8. The Kier molecular flexibility index (Phi) is 4.26. The number of thioether (sulfide) groups is 1. The summed E-state index contributed by atoms with van der Waals surface area (Å²) in [5, 5.41) is 8.84. The molecule has 1 saturated heterocycles. The smallest absolute Gasteiger partial charge is 0.345 e. The summed E-state index contributed by atoms with van der Waals surface area (Å²) in [5.74, 6) is 1.63. The molecule has 3 nitrogen and oxygen atoms in total. The van der Waals surface area contributed by atoms with Crippen LogP contribution in [-0.2, 0) is 6.54 Å². The van der Waals surface area contributed by atoms with Crippen LogP contribution in [0.25, 0.3) is 0 Å². The second kappa shape index (κ2) is 5.70. The van der Waals surface area contributed by atoms with Crippen LogP contribution < -0.4 is 0 Å². The summed E-state index contributed by atoms with van der Waals surface area (Å²) in [7, 11) is 0. The topological polar surface area (TPSA) is 40.5 Å². The fourth-order valence-electron chi connectivity index (χ4n) is 1.75. The van der Waals surface area contributed by atoms with Gasteiger partial charge in [0.2, 0.25) is 0 Å². The Labute approximate surface area is 103 Å². The molecule has 0 spiro atoms. The monoisotopic (exact) mass is 257 g/mol. The third kappa shape index (κ3) is 3.23. The molecule has 0 aliphatic carbocycles. The zero-order valence-electron chi connectivity index (χ0n) is 9.02. The molecule has 2 heterocycles. The molecule has 0 unspecified atom stereocenters. The molecule has 2 rings (SSSR count). The number of aromatic carboxylic acids is 1. The van der Waals surface area contributed by atoms with Gasteiger partial charge in [-0.05, 0) is 30.9 Å². The van der Waals surface area contributed by atoms with Gasteiger partial charge < -0.3 is 5.11 Å². The lowest BCUT2D eigenvalue weighted by molar-refractivity contribution is 0.0702. The molecule has 16 heavy (non-hydrogen) atoms. The minimum Gasteiger partial charge on any atom is -0.477 e. The minimum absolute atomic E-state index is 0.444. The highest BCUT2D eigenvalue weighted by Crippen LogP contribution is 2.20. The number of hydrogen-bond acceptors (Lipinski definition) is 4. The molecule has 0 atom stereocenters. The van der Waals surface area contributed by atoms with E-state index < -0.39 is 5.97 Å². The first-order chi connectivity index (χ1) is 7.75. The quantitative estimate of drug-likeness (QED) is 0.902. The van der Waals surface area contributed by atoms with Crippen molar-refractivity contribution in [1.29, 1.82) is 0 Å². The Morgan fingerprint density at radius 2 is 2.25 bits per heavy atom. The number of rotatable bonds is 3. The van der Waals surface area contributed by atoms with Gasteiger partial charge in [0.25, 0.3) is 0 Å². The summed E-state index contributed by atoms with van der Waals surface area (Å²) in [6, 6.07) is 3.64. The van der Waals surface area contributed by atoms with Gasteiger partial charge in [-0.1, -0.05) is 0 Å². The van der Waals surface area contributed by atoms with E-state index in [2.05, 4.69) is 4.90 Å². The maximum Gasteiger partial charge on any atom is 0.345 e. The van der Waals surface area contributed by atoms with E-state index in [-0.39, 0.29) is 0 Å². The van der Waals surface area contributed by atoms with E-state index in [9.17, 15) is 4.79 Å². The largest absolute Gasteiger partial charge is 0.477 e. The second-order valence-corrected chi connectivity index (χ2v) is 6.21. The second-order valence-electron chi connectivity index (χ2n) is 3.81. The van der Waals surface area contributed by atoms with E-state index in [0.717, 1.165) is 24.5 Å². The van der Waals surface area contributed by atoms with Gasteiger partial charge in [-0.2, -0.15) is 11.8 Å². The Hall–Kier alpha value is -0.520. The molecule has 0 amide bonds. The van der Waals surface area contributed by atoms with Crippen LogP contribution in [0.2, 0.25) is 0 Å². The zero-order chi connectivity index (χ0) is 11.4. The van der Waals surface area contributed by atoms with Gasteiger partial charge >= 0.3 is 5.97 Å². The molecule has 1 fully saturated rings. The van der Waals surface area contributed by atoms with Gasteiger partial charge in [0, 0.05) is 23.7 Å². The molecule has 0 bridgehead atoms. The van der Waals surface area contributed by atoms with Crippen LogP contribution in [0, 0.1) is 0 Å². The third-order valence-corrected chi connectivity index (χ3v) is 4.67. The van der Waals surface area contributed by atoms with Gasteiger partial charge in [0.05, 0.1) is 0 Å². The molecule has 1 aromatic heterocycles. The predicted molar refractivity (Wildman–Crippen MR) is 68.5 cm³/mol. The van der Waals surface area contributed by atoms with E-state index in [4.69, 9.17) is 5.11 Å². The van der Waals surface area contributed by atoms with Gasteiger partial charge in [-0.3, -0.25) is 4.90 Å². The number of carboxylic acid groups (broad SMARTS) is 1. The molecule has 5 heteroatoms. The fourth-order valence-corrected chi connectivity index (χ4v) is 3.57. The summed E-state index contributed by atoms with van der Waals surface area (Å²) in [6.45, 7) is 3.15. The van der Waals surface area contributed by atoms with Gasteiger partial charge in [-0.15, -0.1) is 11.3 Å². The molecule has 0 saturated carbocycles. The van der Waals surface area contributed by atoms with Crippen molar-refractivity contribution in [2.75, 3.05) is 24.6 Å². The lowest BCUT2D eigenvalue weighted by Gasteiger charge is -2.17. The van der Waals surface area contributed by atoms with Crippen LogP contribution in [0.1, 0.15) is 21.0 Å². The summed E-state index contributed by atoms with van der Waals surface area (Å²) >= 11 is 3.40. The Balaban J connectivity index is 1.94. The number of thiophene rings is 1. The fraction of sp³-hybridized carbons (Fsp3) is 0.545. The molecular weight excluding hydrogens is 242 g/mol. The standard InChI is InChI=1S/C11H15NO2S2/c13-11(14)10-3-2-9(16-10)8-12-4-1-6-15-7-5-12/h2-3H,1,4-8H2,(H,13,14). The number of carbonyl (C=O) groups is 1. The van der Waals surface area contributed by atoms with Crippen molar-refractivity contribution >= 4 is 29.1 Å². The lowest BCUT2D eigenvalue weighted by atomic mass is 10.3. The Bertz CT molecular complexity index is 357. The number of nitrogens with zero attached hydrogens (tertiary/aromatic N) is 1. The van der Waals surface area contributed by atoms with Crippen LogP contribution in [0.15, 0.2) is 12.1 Å². The van der Waals surface area contributed by atoms with Crippen molar-refractivity contribution in [2.45, 2.75) is 13.0 Å². The molecule has 1 aromatic rings. The van der Waals surface area contributed by atoms with E-state index in [0.29, 0.717) is 4.88 Å². The SMILES string of the molecule is O=C(O)c1ccc(CN2CCCSCC2)s1. The normalized spacial score (nSPS) is 18.2. The Morgan fingerprint density at radius 1 is 1.38 bits per heavy atom. The number of hydrogen-bond donors (Lipinski definition) is 1. The minimum atomic E-state index is -0.817. The molecule has 88 valence electrons. The van der Waals surface area contributed by atoms with Gasteiger partial charge in [0.1, 0.15) is 4.88 Å². The highest BCUT2D eigenvalue weighted by atomic mass is 32.2. The van der Waals surface area contributed by atoms with E-state index >= 15 is 0 Å². The van der Waals surface area contributed by atoms with Crippen LogP contribution in [0.4, 0.5) is 0 Å². The van der Waals surface area contributed by atoms with Crippen LogP contribution >= 0.6 is 23.1 Å². The van der Waals surface area contributed by atoms with Crippen LogP contribution in [0.5, 0.6) is 0 Å². The van der Waals surface area contributed by atoms with E-state index in [1.54, 1.807) is 6.07 Å². The zero-order valence-corrected chi connectivity index (χ0v) is 10.6. The van der Waals surface area contributed by atoms with Crippen molar-refractivity contribution < 1.29 is 9.90 Å². The molecular formula is C11H15NO2S2. The van der Waals surface area contributed by atoms with Gasteiger partial charge in [-0.25, -0.2) is 4.79 Å². The lowest BCUT2D eigenvalue weighted by Crippen LogP contribution is -2.24. The molecule has 1 aliphatic heterocycles. The maximum atomic E-state index is 10.8. The van der Waals surface area contributed by atoms with E-state index in [1.807, 2.05) is 17.8 Å². The van der Waals surface area contributed by atoms with Crippen molar-refractivity contribution in [3.05, 3.63) is 21.9 Å². The molecule has 0 aromatic carbocycles. The average Bonchev–Trinajstić information content (AvgIpc) is 2.56.